The second-order valence-corrected chi connectivity index (χ2v) is 8.15. The number of thiocarbonyl (C=S) groups is 1. The largest absolute Gasteiger partial charge is 0.465 e. The van der Waals surface area contributed by atoms with E-state index in [0.29, 0.717) is 28.2 Å². The molecule has 152 valence electrons. The van der Waals surface area contributed by atoms with Crippen LogP contribution < -0.4 is 10.6 Å². The van der Waals surface area contributed by atoms with Gasteiger partial charge in [-0.2, -0.15) is 0 Å². The summed E-state index contributed by atoms with van der Waals surface area (Å²) in [6.45, 7) is 6.66. The molecule has 2 heterocycles. The Bertz CT molecular complexity index is 1040. The lowest BCUT2D eigenvalue weighted by atomic mass is 10.1. The number of carbonyl (C=O) groups excluding carboxylic acids is 1. The van der Waals surface area contributed by atoms with Crippen LogP contribution in [-0.4, -0.2) is 33.0 Å². The van der Waals surface area contributed by atoms with Crippen LogP contribution in [0.4, 0.5) is 10.9 Å². The maximum atomic E-state index is 12.2. The fourth-order valence-corrected chi connectivity index (χ4v) is 4.47. The van der Waals surface area contributed by atoms with E-state index in [2.05, 4.69) is 39.8 Å². The minimum atomic E-state index is -0.378. The van der Waals surface area contributed by atoms with Crippen molar-refractivity contribution in [3.05, 3.63) is 57.7 Å². The lowest BCUT2D eigenvalue weighted by molar-refractivity contribution is 0.0601. The van der Waals surface area contributed by atoms with Gasteiger partial charge in [-0.15, -0.1) is 16.4 Å². The van der Waals surface area contributed by atoms with Crippen molar-refractivity contribution >= 4 is 45.6 Å². The first-order chi connectivity index (χ1) is 13.9. The summed E-state index contributed by atoms with van der Waals surface area (Å²) in [4.78, 5) is 17.5. The monoisotopic (exact) mass is 429 g/mol. The quantitative estimate of drug-likeness (QED) is 0.450. The normalized spacial score (nSPS) is 10.6. The highest BCUT2D eigenvalue weighted by molar-refractivity contribution is 7.80. The molecule has 0 aliphatic carbocycles. The number of ether oxygens (including phenoxy) is 1. The molecule has 0 saturated heterocycles. The number of thiophene rings is 1. The first-order valence-corrected chi connectivity index (χ1v) is 10.4. The molecule has 0 fully saturated rings. The van der Waals surface area contributed by atoms with Gasteiger partial charge in [0, 0.05) is 4.88 Å². The first kappa shape index (κ1) is 20.9. The third kappa shape index (κ3) is 4.99. The van der Waals surface area contributed by atoms with E-state index in [1.54, 1.807) is 11.0 Å². The fourth-order valence-electron chi connectivity index (χ4n) is 3.07. The van der Waals surface area contributed by atoms with Gasteiger partial charge in [0.2, 0.25) is 5.95 Å². The molecule has 3 rings (SSSR count). The molecule has 29 heavy (non-hydrogen) atoms. The number of aryl methyl sites for hydroxylation is 2. The highest BCUT2D eigenvalue weighted by Crippen LogP contribution is 2.34. The zero-order valence-corrected chi connectivity index (χ0v) is 18.4. The van der Waals surface area contributed by atoms with Crippen molar-refractivity contribution in [3.63, 3.8) is 0 Å². The van der Waals surface area contributed by atoms with Crippen LogP contribution in [0, 0.1) is 13.8 Å². The molecular formula is C20H23N5O2S2. The minimum Gasteiger partial charge on any atom is -0.465 e. The van der Waals surface area contributed by atoms with E-state index in [0.717, 1.165) is 22.4 Å². The molecule has 0 aliphatic rings. The summed E-state index contributed by atoms with van der Waals surface area (Å²) in [6, 6.07) is 8.24. The lowest BCUT2D eigenvalue weighted by Gasteiger charge is -2.09. The molecule has 0 radical (unpaired) electrons. The maximum Gasteiger partial charge on any atom is 0.341 e. The van der Waals surface area contributed by atoms with E-state index in [1.165, 1.54) is 24.0 Å². The number of carbonyl (C=O) groups is 1. The van der Waals surface area contributed by atoms with Gasteiger partial charge in [0.05, 0.1) is 19.2 Å². The Morgan fingerprint density at radius 3 is 2.79 bits per heavy atom. The Balaban J connectivity index is 1.69. The SMILES string of the molecule is CCc1c(C)sc(NC(=S)Nc2ncn(Cc3cccc(C)c3)n2)c1C(=O)OC. The number of benzene rings is 1. The van der Waals surface area contributed by atoms with Crippen molar-refractivity contribution in [1.82, 2.24) is 14.8 Å². The second-order valence-electron chi connectivity index (χ2n) is 6.52. The van der Waals surface area contributed by atoms with Crippen LogP contribution in [0.1, 0.15) is 38.8 Å². The van der Waals surface area contributed by atoms with E-state index in [1.807, 2.05) is 26.0 Å². The summed E-state index contributed by atoms with van der Waals surface area (Å²) in [5.41, 5.74) is 3.84. The van der Waals surface area contributed by atoms with Gasteiger partial charge >= 0.3 is 5.97 Å². The molecule has 0 saturated carbocycles. The molecule has 1 aromatic carbocycles. The van der Waals surface area contributed by atoms with Crippen molar-refractivity contribution in [2.24, 2.45) is 0 Å². The Morgan fingerprint density at radius 2 is 2.10 bits per heavy atom. The standard InChI is InChI=1S/C20H23N5O2S2/c1-5-15-13(3)29-17(16(15)18(26)27-4)22-20(28)23-19-21-11-25(24-19)10-14-8-6-7-12(2)9-14/h6-9,11H,5,10H2,1-4H3,(H2,22,23,24,28). The molecule has 9 heteroatoms. The maximum absolute atomic E-state index is 12.2. The zero-order chi connectivity index (χ0) is 21.0. The molecule has 0 aliphatic heterocycles. The van der Waals surface area contributed by atoms with Crippen LogP contribution in [0.15, 0.2) is 30.6 Å². The van der Waals surface area contributed by atoms with Gasteiger partial charge in [-0.25, -0.2) is 14.5 Å². The molecule has 0 spiro atoms. The predicted molar refractivity (Wildman–Crippen MR) is 120 cm³/mol. The molecule has 0 bridgehead atoms. The van der Waals surface area contributed by atoms with Gasteiger partial charge in [0.15, 0.2) is 5.11 Å². The van der Waals surface area contributed by atoms with Gasteiger partial charge in [0.25, 0.3) is 0 Å². The Morgan fingerprint density at radius 1 is 1.31 bits per heavy atom. The van der Waals surface area contributed by atoms with Crippen molar-refractivity contribution in [2.45, 2.75) is 33.7 Å². The number of hydrogen-bond acceptors (Lipinski definition) is 6. The van der Waals surface area contributed by atoms with Gasteiger partial charge in [0.1, 0.15) is 11.3 Å². The smallest absolute Gasteiger partial charge is 0.341 e. The summed E-state index contributed by atoms with van der Waals surface area (Å²) in [5, 5.41) is 11.4. The highest BCUT2D eigenvalue weighted by Gasteiger charge is 2.22. The first-order valence-electron chi connectivity index (χ1n) is 9.14. The highest BCUT2D eigenvalue weighted by atomic mass is 32.1. The van der Waals surface area contributed by atoms with Gasteiger partial charge in [-0.1, -0.05) is 36.8 Å². The van der Waals surface area contributed by atoms with E-state index >= 15 is 0 Å². The molecule has 0 atom stereocenters. The topological polar surface area (TPSA) is 81.1 Å². The van der Waals surface area contributed by atoms with Crippen LogP contribution in [0.25, 0.3) is 0 Å². The average molecular weight is 430 g/mol. The molecule has 2 N–H and O–H groups in total. The molecule has 0 unspecified atom stereocenters. The number of rotatable bonds is 6. The summed E-state index contributed by atoms with van der Waals surface area (Å²) in [6.07, 6.45) is 2.39. The third-order valence-corrected chi connectivity index (χ3v) is 5.63. The summed E-state index contributed by atoms with van der Waals surface area (Å²) in [7, 11) is 1.37. The zero-order valence-electron chi connectivity index (χ0n) is 16.8. The van der Waals surface area contributed by atoms with Crippen LogP contribution in [-0.2, 0) is 17.7 Å². The van der Waals surface area contributed by atoms with Crippen LogP contribution >= 0.6 is 23.6 Å². The number of aromatic nitrogens is 3. The van der Waals surface area contributed by atoms with E-state index < -0.39 is 0 Å². The van der Waals surface area contributed by atoms with Crippen molar-refractivity contribution in [2.75, 3.05) is 17.7 Å². The molecular weight excluding hydrogens is 406 g/mol. The predicted octanol–water partition coefficient (Wildman–Crippen LogP) is 4.16. The fraction of sp³-hybridized carbons (Fsp3) is 0.300. The second kappa shape index (κ2) is 9.15. The number of esters is 1. The van der Waals surface area contributed by atoms with Gasteiger partial charge < -0.3 is 10.1 Å². The summed E-state index contributed by atoms with van der Waals surface area (Å²) < 4.78 is 6.68. The number of methoxy groups -OCH3 is 1. The molecule has 2 aromatic heterocycles. The van der Waals surface area contributed by atoms with Crippen LogP contribution in [0.5, 0.6) is 0 Å². The number of anilines is 2. The average Bonchev–Trinajstić information content (AvgIpc) is 3.24. The Hall–Kier alpha value is -2.78. The minimum absolute atomic E-state index is 0.312. The Kier molecular flexibility index (Phi) is 6.60. The van der Waals surface area contributed by atoms with Crippen molar-refractivity contribution in [3.8, 4) is 0 Å². The number of hydrogen-bond donors (Lipinski definition) is 2. The lowest BCUT2D eigenvalue weighted by Crippen LogP contribution is -2.21. The molecule has 7 nitrogen and oxygen atoms in total. The van der Waals surface area contributed by atoms with E-state index in [-0.39, 0.29) is 5.97 Å². The van der Waals surface area contributed by atoms with E-state index in [4.69, 9.17) is 17.0 Å². The molecule has 3 aromatic rings. The van der Waals surface area contributed by atoms with Crippen LogP contribution in [0.3, 0.4) is 0 Å². The summed E-state index contributed by atoms with van der Waals surface area (Å²) >= 11 is 6.86. The third-order valence-electron chi connectivity index (χ3n) is 4.37. The van der Waals surface area contributed by atoms with Gasteiger partial charge in [-0.3, -0.25) is 5.32 Å². The van der Waals surface area contributed by atoms with E-state index in [9.17, 15) is 4.79 Å². The van der Waals surface area contributed by atoms with Crippen LogP contribution in [0.2, 0.25) is 0 Å². The Labute approximate surface area is 179 Å². The summed E-state index contributed by atoms with van der Waals surface area (Å²) in [5.74, 6) is 0.0100. The number of nitrogens with zero attached hydrogens (tertiary/aromatic N) is 3. The van der Waals surface area contributed by atoms with Crippen molar-refractivity contribution < 1.29 is 9.53 Å². The molecule has 0 amide bonds. The van der Waals surface area contributed by atoms with Crippen molar-refractivity contribution in [1.29, 1.82) is 0 Å². The van der Waals surface area contributed by atoms with Gasteiger partial charge in [-0.05, 0) is 43.6 Å². The number of nitrogens with one attached hydrogen (secondary N) is 2.